The van der Waals surface area contributed by atoms with Gasteiger partial charge in [-0.1, -0.05) is 25.5 Å². The van der Waals surface area contributed by atoms with E-state index >= 15 is 0 Å². The number of aromatic amines is 1. The van der Waals surface area contributed by atoms with Gasteiger partial charge in [0.1, 0.15) is 0 Å². The molecule has 0 unspecified atom stereocenters. The van der Waals surface area contributed by atoms with E-state index in [9.17, 15) is 13.2 Å². The quantitative estimate of drug-likeness (QED) is 0.799. The normalized spacial score (nSPS) is 12.3. The highest BCUT2D eigenvalue weighted by molar-refractivity contribution is 5.87. The van der Waals surface area contributed by atoms with Crippen LogP contribution in [0.1, 0.15) is 30.2 Å². The van der Waals surface area contributed by atoms with Gasteiger partial charge in [-0.05, 0) is 25.0 Å². The largest absolute Gasteiger partial charge is 0.418 e. The molecule has 0 atom stereocenters. The molecule has 4 heteroatoms. The standard InChI is InChI=1S/C13H14F3N/c1-3-5-11-8(2)9-6-4-7-10(12(9)17-11)13(14,15)16/h4,6-7,17H,3,5H2,1-2H3. The molecule has 0 saturated heterocycles. The Balaban J connectivity index is 2.69. The first-order valence-corrected chi connectivity index (χ1v) is 5.62. The Hall–Kier alpha value is -1.45. The van der Waals surface area contributed by atoms with E-state index in [-0.39, 0.29) is 5.52 Å². The molecule has 0 aliphatic heterocycles. The van der Waals surface area contributed by atoms with Crippen LogP contribution in [0, 0.1) is 6.92 Å². The Morgan fingerprint density at radius 1 is 1.24 bits per heavy atom. The van der Waals surface area contributed by atoms with Crippen LogP contribution in [0.3, 0.4) is 0 Å². The Morgan fingerprint density at radius 2 is 1.94 bits per heavy atom. The van der Waals surface area contributed by atoms with Gasteiger partial charge >= 0.3 is 6.18 Å². The highest BCUT2D eigenvalue weighted by Crippen LogP contribution is 2.36. The highest BCUT2D eigenvalue weighted by Gasteiger charge is 2.33. The summed E-state index contributed by atoms with van der Waals surface area (Å²) in [5.74, 6) is 0. The van der Waals surface area contributed by atoms with Crippen LogP contribution in [0.15, 0.2) is 18.2 Å². The third-order valence-corrected chi connectivity index (χ3v) is 3.00. The Kier molecular flexibility index (Phi) is 2.89. The summed E-state index contributed by atoms with van der Waals surface area (Å²) in [5.41, 5.74) is 1.45. The second-order valence-corrected chi connectivity index (χ2v) is 4.20. The Bertz CT molecular complexity index is 537. The van der Waals surface area contributed by atoms with Crippen LogP contribution in [-0.2, 0) is 12.6 Å². The van der Waals surface area contributed by atoms with Gasteiger partial charge in [-0.15, -0.1) is 0 Å². The van der Waals surface area contributed by atoms with Crippen molar-refractivity contribution in [1.29, 1.82) is 0 Å². The summed E-state index contributed by atoms with van der Waals surface area (Å²) in [6.45, 7) is 3.87. The van der Waals surface area contributed by atoms with Crippen LogP contribution in [0.25, 0.3) is 10.9 Å². The molecule has 1 N–H and O–H groups in total. The monoisotopic (exact) mass is 241 g/mol. The molecular weight excluding hydrogens is 227 g/mol. The zero-order chi connectivity index (χ0) is 12.6. The molecule has 92 valence electrons. The number of hydrogen-bond acceptors (Lipinski definition) is 0. The van der Waals surface area contributed by atoms with E-state index in [1.807, 2.05) is 13.8 Å². The average Bonchev–Trinajstić information content (AvgIpc) is 2.55. The molecular formula is C13H14F3N. The Morgan fingerprint density at radius 3 is 2.53 bits per heavy atom. The zero-order valence-corrected chi connectivity index (χ0v) is 9.78. The number of para-hydroxylation sites is 1. The molecule has 0 radical (unpaired) electrons. The second-order valence-electron chi connectivity index (χ2n) is 4.20. The number of hydrogen-bond donors (Lipinski definition) is 1. The molecule has 2 aromatic rings. The fourth-order valence-electron chi connectivity index (χ4n) is 2.14. The molecule has 1 aromatic heterocycles. The van der Waals surface area contributed by atoms with E-state index in [1.165, 1.54) is 6.07 Å². The maximum atomic E-state index is 12.8. The maximum absolute atomic E-state index is 12.8. The Labute approximate surface area is 97.6 Å². The van der Waals surface area contributed by atoms with Gasteiger partial charge in [-0.25, -0.2) is 0 Å². The van der Waals surface area contributed by atoms with Crippen LogP contribution in [0.4, 0.5) is 13.2 Å². The SMILES string of the molecule is CCCc1[nH]c2c(C(F)(F)F)cccc2c1C. The van der Waals surface area contributed by atoms with Crippen molar-refractivity contribution in [2.75, 3.05) is 0 Å². The van der Waals surface area contributed by atoms with E-state index < -0.39 is 11.7 Å². The number of aromatic nitrogens is 1. The lowest BCUT2D eigenvalue weighted by Crippen LogP contribution is -2.05. The van der Waals surface area contributed by atoms with Gasteiger partial charge in [0.15, 0.2) is 0 Å². The minimum absolute atomic E-state index is 0.209. The van der Waals surface area contributed by atoms with Crippen LogP contribution in [-0.4, -0.2) is 4.98 Å². The fraction of sp³-hybridized carbons (Fsp3) is 0.385. The van der Waals surface area contributed by atoms with Gasteiger partial charge in [0.2, 0.25) is 0 Å². The molecule has 1 nitrogen and oxygen atoms in total. The molecule has 0 saturated carbocycles. The number of H-pyrrole nitrogens is 1. The van der Waals surface area contributed by atoms with Gasteiger partial charge in [0.25, 0.3) is 0 Å². The first-order chi connectivity index (χ1) is 7.95. The minimum Gasteiger partial charge on any atom is -0.358 e. The summed E-state index contributed by atoms with van der Waals surface area (Å²) in [6.07, 6.45) is -2.62. The zero-order valence-electron chi connectivity index (χ0n) is 9.78. The lowest BCUT2D eigenvalue weighted by atomic mass is 10.1. The van der Waals surface area contributed by atoms with Gasteiger partial charge in [-0.2, -0.15) is 13.2 Å². The van der Waals surface area contributed by atoms with Gasteiger partial charge < -0.3 is 4.98 Å². The maximum Gasteiger partial charge on any atom is 0.418 e. The summed E-state index contributed by atoms with van der Waals surface area (Å²) < 4.78 is 38.5. The second kappa shape index (κ2) is 4.09. The van der Waals surface area contributed by atoms with Crippen molar-refractivity contribution >= 4 is 10.9 Å². The fourth-order valence-corrected chi connectivity index (χ4v) is 2.14. The summed E-state index contributed by atoms with van der Waals surface area (Å²) in [6, 6.07) is 4.31. The lowest BCUT2D eigenvalue weighted by Gasteiger charge is -2.07. The minimum atomic E-state index is -4.31. The summed E-state index contributed by atoms with van der Waals surface area (Å²) in [7, 11) is 0. The van der Waals surface area contributed by atoms with Crippen molar-refractivity contribution in [3.05, 3.63) is 35.0 Å². The van der Waals surface area contributed by atoms with Gasteiger partial charge in [0.05, 0.1) is 11.1 Å². The predicted octanol–water partition coefficient (Wildman–Crippen LogP) is 4.45. The lowest BCUT2D eigenvalue weighted by molar-refractivity contribution is -0.136. The van der Waals surface area contributed by atoms with Crippen molar-refractivity contribution in [2.24, 2.45) is 0 Å². The molecule has 0 spiro atoms. The highest BCUT2D eigenvalue weighted by atomic mass is 19.4. The number of fused-ring (bicyclic) bond motifs is 1. The third kappa shape index (κ3) is 2.04. The molecule has 17 heavy (non-hydrogen) atoms. The smallest absolute Gasteiger partial charge is 0.358 e. The van der Waals surface area contributed by atoms with Crippen LogP contribution < -0.4 is 0 Å². The first-order valence-electron chi connectivity index (χ1n) is 5.62. The molecule has 0 fully saturated rings. The molecule has 1 aromatic carbocycles. The number of halogens is 3. The van der Waals surface area contributed by atoms with Crippen molar-refractivity contribution in [1.82, 2.24) is 4.98 Å². The van der Waals surface area contributed by atoms with E-state index in [2.05, 4.69) is 4.98 Å². The molecule has 1 heterocycles. The summed E-state index contributed by atoms with van der Waals surface area (Å²) in [5, 5.41) is 0.670. The van der Waals surface area contributed by atoms with Crippen molar-refractivity contribution < 1.29 is 13.2 Å². The van der Waals surface area contributed by atoms with Gasteiger partial charge in [-0.3, -0.25) is 0 Å². The summed E-state index contributed by atoms with van der Waals surface area (Å²) in [4.78, 5) is 2.92. The van der Waals surface area contributed by atoms with Crippen molar-refractivity contribution in [3.63, 3.8) is 0 Å². The molecule has 0 bridgehead atoms. The number of alkyl halides is 3. The van der Waals surface area contributed by atoms with Crippen molar-refractivity contribution in [3.8, 4) is 0 Å². The van der Waals surface area contributed by atoms with Crippen LogP contribution >= 0.6 is 0 Å². The van der Waals surface area contributed by atoms with E-state index in [1.54, 1.807) is 6.07 Å². The number of aryl methyl sites for hydroxylation is 2. The number of nitrogens with one attached hydrogen (secondary N) is 1. The predicted molar refractivity (Wildman–Crippen MR) is 62.0 cm³/mol. The first kappa shape index (κ1) is 12.0. The number of benzene rings is 1. The van der Waals surface area contributed by atoms with E-state index in [0.29, 0.717) is 5.39 Å². The summed E-state index contributed by atoms with van der Waals surface area (Å²) >= 11 is 0. The molecule has 0 amide bonds. The van der Waals surface area contributed by atoms with Crippen LogP contribution in [0.2, 0.25) is 0 Å². The van der Waals surface area contributed by atoms with Crippen LogP contribution in [0.5, 0.6) is 0 Å². The third-order valence-electron chi connectivity index (χ3n) is 3.00. The average molecular weight is 241 g/mol. The molecule has 2 rings (SSSR count). The molecule has 0 aliphatic rings. The van der Waals surface area contributed by atoms with Gasteiger partial charge in [0, 0.05) is 11.1 Å². The van der Waals surface area contributed by atoms with E-state index in [4.69, 9.17) is 0 Å². The topological polar surface area (TPSA) is 15.8 Å². The van der Waals surface area contributed by atoms with Crippen molar-refractivity contribution in [2.45, 2.75) is 32.9 Å². The molecule has 0 aliphatic carbocycles. The van der Waals surface area contributed by atoms with E-state index in [0.717, 1.165) is 30.2 Å². The number of rotatable bonds is 2.